The lowest BCUT2D eigenvalue weighted by Gasteiger charge is -2.08. The number of hydrogen-bond donors (Lipinski definition) is 0. The van der Waals surface area contributed by atoms with Crippen LogP contribution in [-0.4, -0.2) is 78.0 Å². The van der Waals surface area contributed by atoms with Crippen LogP contribution >= 0.6 is 11.8 Å². The highest BCUT2D eigenvalue weighted by molar-refractivity contribution is 7.97. The normalized spacial score (nSPS) is 19.3. The van der Waals surface area contributed by atoms with Crippen LogP contribution in [0.25, 0.3) is 0 Å². The molecule has 0 aliphatic carbocycles. The third-order valence-corrected chi connectivity index (χ3v) is 5.23. The molecule has 0 saturated heterocycles. The second kappa shape index (κ2) is 14.8. The summed E-state index contributed by atoms with van der Waals surface area (Å²) in [4.78, 5) is 24.1. The number of esters is 2. The van der Waals surface area contributed by atoms with Crippen LogP contribution in [0.3, 0.4) is 0 Å². The zero-order valence-electron chi connectivity index (χ0n) is 18.3. The summed E-state index contributed by atoms with van der Waals surface area (Å²) in [6, 6.07) is 6.61. The highest BCUT2D eigenvalue weighted by Crippen LogP contribution is 2.21. The van der Waals surface area contributed by atoms with Crippen LogP contribution < -0.4 is 0 Å². The SMILES string of the molecule is O=C1OCCOCCOCCOCCOCCOC(=O)c2ccc(o2)CSCc2ccc1o2. The van der Waals surface area contributed by atoms with Gasteiger partial charge in [0.15, 0.2) is 0 Å². The number of fused-ring (bicyclic) bond motifs is 4. The van der Waals surface area contributed by atoms with Crippen molar-refractivity contribution in [3.63, 3.8) is 0 Å². The predicted octanol–water partition coefficient (Wildman–Crippen LogP) is 2.70. The number of cyclic esters (lactones) is 2. The van der Waals surface area contributed by atoms with E-state index >= 15 is 0 Å². The maximum absolute atomic E-state index is 12.1. The molecule has 0 unspecified atom stereocenters. The van der Waals surface area contributed by atoms with E-state index in [0.29, 0.717) is 62.7 Å². The largest absolute Gasteiger partial charge is 0.457 e. The highest BCUT2D eigenvalue weighted by atomic mass is 32.2. The number of thioether (sulfide) groups is 1. The summed E-state index contributed by atoms with van der Waals surface area (Å²) in [5.74, 6) is 1.51. The first-order valence-corrected chi connectivity index (χ1v) is 11.8. The second-order valence-electron chi connectivity index (χ2n) is 6.75. The molecule has 1 aliphatic rings. The Hall–Kier alpha value is -2.31. The molecule has 33 heavy (non-hydrogen) atoms. The summed E-state index contributed by atoms with van der Waals surface area (Å²) in [7, 11) is 0. The van der Waals surface area contributed by atoms with Crippen molar-refractivity contribution in [3.05, 3.63) is 47.3 Å². The molecule has 11 heteroatoms. The summed E-state index contributed by atoms with van der Waals surface area (Å²) in [6.07, 6.45) is 0. The van der Waals surface area contributed by atoms with E-state index in [4.69, 9.17) is 37.3 Å². The molecule has 182 valence electrons. The first kappa shape index (κ1) is 25.3. The van der Waals surface area contributed by atoms with Crippen molar-refractivity contribution in [2.75, 3.05) is 66.1 Å². The Morgan fingerprint density at radius 2 is 0.879 bits per heavy atom. The Bertz CT molecular complexity index is 778. The maximum Gasteiger partial charge on any atom is 0.374 e. The monoisotopic (exact) mass is 484 g/mol. The number of ether oxygens (including phenoxy) is 6. The molecule has 0 atom stereocenters. The van der Waals surface area contributed by atoms with Gasteiger partial charge in [0, 0.05) is 0 Å². The number of furan rings is 2. The molecule has 3 heterocycles. The average Bonchev–Trinajstić information content (AvgIpc) is 3.48. The van der Waals surface area contributed by atoms with E-state index < -0.39 is 11.9 Å². The fourth-order valence-corrected chi connectivity index (χ4v) is 3.49. The van der Waals surface area contributed by atoms with Gasteiger partial charge >= 0.3 is 11.9 Å². The van der Waals surface area contributed by atoms with Crippen LogP contribution in [0.15, 0.2) is 33.1 Å². The van der Waals surface area contributed by atoms with Gasteiger partial charge in [-0.2, -0.15) is 0 Å². The molecular weight excluding hydrogens is 456 g/mol. The third kappa shape index (κ3) is 9.60. The minimum absolute atomic E-state index is 0.121. The van der Waals surface area contributed by atoms with Crippen LogP contribution in [0.2, 0.25) is 0 Å². The molecule has 0 saturated carbocycles. The number of hydrogen-bond acceptors (Lipinski definition) is 11. The molecule has 0 N–H and O–H groups in total. The van der Waals surface area contributed by atoms with Crippen molar-refractivity contribution in [1.82, 2.24) is 0 Å². The van der Waals surface area contributed by atoms with Crippen molar-refractivity contribution >= 4 is 23.7 Å². The van der Waals surface area contributed by atoms with Gasteiger partial charge in [0.05, 0.1) is 64.4 Å². The molecule has 0 amide bonds. The predicted molar refractivity (Wildman–Crippen MR) is 116 cm³/mol. The fourth-order valence-electron chi connectivity index (χ4n) is 2.67. The van der Waals surface area contributed by atoms with Crippen molar-refractivity contribution in [2.24, 2.45) is 0 Å². The highest BCUT2D eigenvalue weighted by Gasteiger charge is 2.15. The van der Waals surface area contributed by atoms with E-state index in [2.05, 4.69) is 0 Å². The van der Waals surface area contributed by atoms with Gasteiger partial charge in [0.2, 0.25) is 11.5 Å². The molecule has 0 radical (unpaired) electrons. The zero-order chi connectivity index (χ0) is 23.1. The molecule has 2 aromatic heterocycles. The first-order valence-electron chi connectivity index (χ1n) is 10.6. The minimum atomic E-state index is -0.543. The van der Waals surface area contributed by atoms with Crippen LogP contribution in [0.4, 0.5) is 0 Å². The van der Waals surface area contributed by atoms with E-state index in [0.717, 1.165) is 0 Å². The molecule has 2 aromatic rings. The Kier molecular flexibility index (Phi) is 11.3. The molecule has 4 bridgehead atoms. The maximum atomic E-state index is 12.1. The lowest BCUT2D eigenvalue weighted by atomic mass is 10.4. The third-order valence-electron chi connectivity index (χ3n) is 4.25. The van der Waals surface area contributed by atoms with Crippen LogP contribution in [0.5, 0.6) is 0 Å². The van der Waals surface area contributed by atoms with E-state index in [1.807, 2.05) is 0 Å². The van der Waals surface area contributed by atoms with Crippen molar-refractivity contribution < 1.29 is 46.8 Å². The van der Waals surface area contributed by atoms with Gasteiger partial charge in [-0.3, -0.25) is 0 Å². The van der Waals surface area contributed by atoms with Gasteiger partial charge in [-0.25, -0.2) is 9.59 Å². The molecule has 10 nitrogen and oxygen atoms in total. The summed E-state index contributed by atoms with van der Waals surface area (Å²) in [6.45, 7) is 3.24. The Balaban J connectivity index is 1.47. The molecule has 0 spiro atoms. The van der Waals surface area contributed by atoms with Crippen molar-refractivity contribution in [2.45, 2.75) is 11.5 Å². The summed E-state index contributed by atoms with van der Waals surface area (Å²) >= 11 is 1.52. The molecule has 0 fully saturated rings. The van der Waals surface area contributed by atoms with E-state index in [1.54, 1.807) is 24.3 Å². The fraction of sp³-hybridized carbons (Fsp3) is 0.545. The lowest BCUT2D eigenvalue weighted by molar-refractivity contribution is -0.0141. The lowest BCUT2D eigenvalue weighted by Crippen LogP contribution is -2.15. The van der Waals surface area contributed by atoms with Crippen LogP contribution in [0, 0.1) is 0 Å². The zero-order valence-corrected chi connectivity index (χ0v) is 19.1. The Morgan fingerprint density at radius 3 is 1.27 bits per heavy atom. The topological polar surface area (TPSA) is 116 Å². The average molecular weight is 485 g/mol. The minimum Gasteiger partial charge on any atom is -0.457 e. The molecule has 0 aromatic carbocycles. The smallest absolute Gasteiger partial charge is 0.374 e. The second-order valence-corrected chi connectivity index (χ2v) is 7.73. The van der Waals surface area contributed by atoms with Crippen LogP contribution in [-0.2, 0) is 39.9 Å². The number of carbonyl (C=O) groups is 2. The molecule has 1 aliphatic heterocycles. The number of rotatable bonds is 0. The van der Waals surface area contributed by atoms with Crippen molar-refractivity contribution in [3.8, 4) is 0 Å². The van der Waals surface area contributed by atoms with Gasteiger partial charge in [0.25, 0.3) is 0 Å². The molecular formula is C22H28O10S. The number of carbonyl (C=O) groups excluding carboxylic acids is 2. The van der Waals surface area contributed by atoms with Gasteiger partial charge in [0.1, 0.15) is 24.7 Å². The van der Waals surface area contributed by atoms with Crippen LogP contribution in [0.1, 0.15) is 32.6 Å². The van der Waals surface area contributed by atoms with Crippen molar-refractivity contribution in [1.29, 1.82) is 0 Å². The summed E-state index contributed by atoms with van der Waals surface area (Å²) < 4.78 is 42.9. The standard InChI is InChI=1S/C22H28O10S/c23-21-19-3-1-17(31-19)15-33-16-18-2-4-20(32-18)22(24)30-14-12-28-10-8-26-6-5-25-7-9-27-11-13-29-21/h1-4H,5-16H2. The first-order chi connectivity index (χ1) is 16.2. The van der Waals surface area contributed by atoms with Gasteiger partial charge in [-0.15, -0.1) is 11.8 Å². The Morgan fingerprint density at radius 1 is 0.515 bits per heavy atom. The van der Waals surface area contributed by atoms with E-state index in [9.17, 15) is 9.59 Å². The van der Waals surface area contributed by atoms with Gasteiger partial charge in [-0.05, 0) is 24.3 Å². The Labute approximate surface area is 195 Å². The van der Waals surface area contributed by atoms with E-state index in [1.165, 1.54) is 11.8 Å². The summed E-state index contributed by atoms with van der Waals surface area (Å²) in [5, 5.41) is 0. The van der Waals surface area contributed by atoms with E-state index in [-0.39, 0.29) is 37.9 Å². The van der Waals surface area contributed by atoms with Gasteiger partial charge < -0.3 is 37.3 Å². The van der Waals surface area contributed by atoms with Gasteiger partial charge in [-0.1, -0.05) is 0 Å². The molecule has 3 rings (SSSR count). The summed E-state index contributed by atoms with van der Waals surface area (Å²) in [5.41, 5.74) is 0. The quantitative estimate of drug-likeness (QED) is 0.514.